The maximum Gasteiger partial charge on any atom is 0.339 e. The van der Waals surface area contributed by atoms with Crippen molar-refractivity contribution in [2.75, 3.05) is 0 Å². The van der Waals surface area contributed by atoms with Gasteiger partial charge in [-0.15, -0.1) is 0 Å². The van der Waals surface area contributed by atoms with Gasteiger partial charge in [-0.2, -0.15) is 5.10 Å². The minimum atomic E-state index is -1.01. The minimum absolute atomic E-state index is 0.0649. The van der Waals surface area contributed by atoms with Crippen LogP contribution >= 0.6 is 0 Å². The Bertz CT molecular complexity index is 587. The van der Waals surface area contributed by atoms with Gasteiger partial charge in [0, 0.05) is 0 Å². The molecule has 0 aliphatic rings. The number of aromatic hydroxyl groups is 1. The van der Waals surface area contributed by atoms with E-state index in [1.165, 1.54) is 10.7 Å². The predicted octanol–water partition coefficient (Wildman–Crippen LogP) is 1.89. The first-order valence-corrected chi connectivity index (χ1v) is 5.10. The lowest BCUT2D eigenvalue weighted by molar-refractivity contribution is 0.0695. The number of phenolic OH excluding ortho intramolecular Hbond substituents is 1. The average Bonchev–Trinajstić information content (AvgIpc) is 2.55. The zero-order valence-electron chi connectivity index (χ0n) is 9.51. The number of aromatic nitrogens is 2. The number of phenols is 1. The molecule has 2 N–H and O–H groups in total. The standard InChI is InChI=1S/C12H12N2O3/c1-7-11(12(16)17)8(2)14(13-7)9-5-3-4-6-10(9)15/h3-6,15H,1-2H3,(H,16,17). The summed E-state index contributed by atoms with van der Waals surface area (Å²) < 4.78 is 1.44. The Kier molecular flexibility index (Phi) is 2.59. The predicted molar refractivity (Wildman–Crippen MR) is 61.7 cm³/mol. The SMILES string of the molecule is Cc1nn(-c2ccccc2O)c(C)c1C(=O)O. The van der Waals surface area contributed by atoms with Gasteiger partial charge in [0.15, 0.2) is 0 Å². The Morgan fingerprint density at radius 1 is 1.29 bits per heavy atom. The highest BCUT2D eigenvalue weighted by Crippen LogP contribution is 2.24. The lowest BCUT2D eigenvalue weighted by Crippen LogP contribution is -2.02. The molecule has 17 heavy (non-hydrogen) atoms. The number of aryl methyl sites for hydroxylation is 1. The van der Waals surface area contributed by atoms with Crippen LogP contribution in [0.1, 0.15) is 21.7 Å². The summed E-state index contributed by atoms with van der Waals surface area (Å²) in [4.78, 5) is 11.1. The van der Waals surface area contributed by atoms with Gasteiger partial charge in [0.05, 0.1) is 11.4 Å². The van der Waals surface area contributed by atoms with Crippen molar-refractivity contribution in [3.8, 4) is 11.4 Å². The number of nitrogens with zero attached hydrogens (tertiary/aromatic N) is 2. The van der Waals surface area contributed by atoms with E-state index in [9.17, 15) is 9.90 Å². The molecule has 0 spiro atoms. The van der Waals surface area contributed by atoms with E-state index in [1.54, 1.807) is 32.0 Å². The Balaban J connectivity index is 2.66. The number of rotatable bonds is 2. The molecular formula is C12H12N2O3. The summed E-state index contributed by atoms with van der Waals surface area (Å²) in [5.41, 5.74) is 1.57. The van der Waals surface area contributed by atoms with Crippen LogP contribution in [0.15, 0.2) is 24.3 Å². The van der Waals surface area contributed by atoms with Crippen LogP contribution in [0.25, 0.3) is 5.69 Å². The maximum atomic E-state index is 11.1. The van der Waals surface area contributed by atoms with Crippen LogP contribution < -0.4 is 0 Å². The molecule has 0 radical (unpaired) electrons. The first-order chi connectivity index (χ1) is 8.02. The third kappa shape index (κ3) is 1.75. The van der Waals surface area contributed by atoms with E-state index in [0.717, 1.165) is 0 Å². The van der Waals surface area contributed by atoms with Gasteiger partial charge in [0.2, 0.25) is 0 Å². The van der Waals surface area contributed by atoms with E-state index in [1.807, 2.05) is 0 Å². The molecule has 5 heteroatoms. The van der Waals surface area contributed by atoms with Gasteiger partial charge in [-0.1, -0.05) is 12.1 Å². The topological polar surface area (TPSA) is 75.3 Å². The quantitative estimate of drug-likeness (QED) is 0.829. The van der Waals surface area contributed by atoms with Crippen molar-refractivity contribution in [3.63, 3.8) is 0 Å². The summed E-state index contributed by atoms with van der Waals surface area (Å²) in [5.74, 6) is -0.947. The molecular weight excluding hydrogens is 220 g/mol. The van der Waals surface area contributed by atoms with Crippen molar-refractivity contribution in [3.05, 3.63) is 41.2 Å². The lowest BCUT2D eigenvalue weighted by Gasteiger charge is -2.06. The largest absolute Gasteiger partial charge is 0.506 e. The van der Waals surface area contributed by atoms with Crippen LogP contribution in [0.4, 0.5) is 0 Å². The van der Waals surface area contributed by atoms with E-state index >= 15 is 0 Å². The zero-order valence-corrected chi connectivity index (χ0v) is 9.51. The number of carboxylic acids is 1. The molecule has 0 aliphatic carbocycles. The summed E-state index contributed by atoms with van der Waals surface area (Å²) in [6, 6.07) is 6.67. The molecule has 0 unspecified atom stereocenters. The fourth-order valence-corrected chi connectivity index (χ4v) is 1.83. The van der Waals surface area contributed by atoms with E-state index in [0.29, 0.717) is 17.1 Å². The molecule has 0 fully saturated rings. The van der Waals surface area contributed by atoms with Crippen LogP contribution in [-0.2, 0) is 0 Å². The van der Waals surface area contributed by atoms with Crippen molar-refractivity contribution in [1.82, 2.24) is 9.78 Å². The van der Waals surface area contributed by atoms with Crippen molar-refractivity contribution >= 4 is 5.97 Å². The first-order valence-electron chi connectivity index (χ1n) is 5.10. The average molecular weight is 232 g/mol. The number of carbonyl (C=O) groups is 1. The molecule has 5 nitrogen and oxygen atoms in total. The smallest absolute Gasteiger partial charge is 0.339 e. The highest BCUT2D eigenvalue weighted by atomic mass is 16.4. The van der Waals surface area contributed by atoms with E-state index in [2.05, 4.69) is 5.10 Å². The number of benzene rings is 1. The molecule has 0 amide bonds. The Morgan fingerprint density at radius 2 is 1.94 bits per heavy atom. The molecule has 0 saturated heterocycles. The second kappa shape index (κ2) is 3.93. The Labute approximate surface area is 97.9 Å². The molecule has 2 rings (SSSR count). The third-order valence-corrected chi connectivity index (χ3v) is 2.62. The van der Waals surface area contributed by atoms with Gasteiger partial charge in [0.1, 0.15) is 17.0 Å². The summed E-state index contributed by atoms with van der Waals surface area (Å²) in [6.07, 6.45) is 0. The molecule has 1 heterocycles. The fraction of sp³-hybridized carbons (Fsp3) is 0.167. The molecule has 2 aromatic rings. The first kappa shape index (κ1) is 11.2. The van der Waals surface area contributed by atoms with E-state index < -0.39 is 5.97 Å². The number of para-hydroxylation sites is 2. The Hall–Kier alpha value is -2.30. The van der Waals surface area contributed by atoms with Gasteiger partial charge >= 0.3 is 5.97 Å². The van der Waals surface area contributed by atoms with Crippen molar-refractivity contribution < 1.29 is 15.0 Å². The lowest BCUT2D eigenvalue weighted by atomic mass is 10.2. The van der Waals surface area contributed by atoms with Crippen LogP contribution in [0.3, 0.4) is 0 Å². The fourth-order valence-electron chi connectivity index (χ4n) is 1.83. The van der Waals surface area contributed by atoms with Crippen molar-refractivity contribution in [2.24, 2.45) is 0 Å². The Morgan fingerprint density at radius 3 is 2.47 bits per heavy atom. The second-order valence-corrected chi connectivity index (χ2v) is 3.75. The molecule has 88 valence electrons. The van der Waals surface area contributed by atoms with E-state index in [-0.39, 0.29) is 11.3 Å². The van der Waals surface area contributed by atoms with Gasteiger partial charge in [-0.05, 0) is 26.0 Å². The number of hydrogen-bond donors (Lipinski definition) is 2. The highest BCUT2D eigenvalue weighted by molar-refractivity contribution is 5.90. The summed E-state index contributed by atoms with van der Waals surface area (Å²) >= 11 is 0. The number of carboxylic acid groups (broad SMARTS) is 1. The molecule has 0 atom stereocenters. The van der Waals surface area contributed by atoms with Crippen molar-refractivity contribution in [2.45, 2.75) is 13.8 Å². The van der Waals surface area contributed by atoms with Crippen molar-refractivity contribution in [1.29, 1.82) is 0 Å². The molecule has 1 aromatic heterocycles. The van der Waals surface area contributed by atoms with Crippen LogP contribution in [0.2, 0.25) is 0 Å². The van der Waals surface area contributed by atoms with Gasteiger partial charge < -0.3 is 10.2 Å². The van der Waals surface area contributed by atoms with Crippen LogP contribution in [-0.4, -0.2) is 26.0 Å². The van der Waals surface area contributed by atoms with Crippen LogP contribution in [0, 0.1) is 13.8 Å². The van der Waals surface area contributed by atoms with Crippen LogP contribution in [0.5, 0.6) is 5.75 Å². The van der Waals surface area contributed by atoms with Gasteiger partial charge in [0.25, 0.3) is 0 Å². The summed E-state index contributed by atoms with van der Waals surface area (Å²) in [7, 11) is 0. The third-order valence-electron chi connectivity index (χ3n) is 2.62. The normalized spacial score (nSPS) is 10.5. The molecule has 1 aromatic carbocycles. The monoisotopic (exact) mass is 232 g/mol. The maximum absolute atomic E-state index is 11.1. The summed E-state index contributed by atoms with van der Waals surface area (Å²) in [5, 5.41) is 22.9. The zero-order chi connectivity index (χ0) is 12.6. The molecule has 0 saturated carbocycles. The number of aromatic carboxylic acids is 1. The second-order valence-electron chi connectivity index (χ2n) is 3.75. The van der Waals surface area contributed by atoms with E-state index in [4.69, 9.17) is 5.11 Å². The van der Waals surface area contributed by atoms with Gasteiger partial charge in [-0.25, -0.2) is 9.48 Å². The molecule has 0 aliphatic heterocycles. The van der Waals surface area contributed by atoms with Gasteiger partial charge in [-0.3, -0.25) is 0 Å². The number of hydrogen-bond acceptors (Lipinski definition) is 3. The highest BCUT2D eigenvalue weighted by Gasteiger charge is 2.19. The minimum Gasteiger partial charge on any atom is -0.506 e. The summed E-state index contributed by atoms with van der Waals surface area (Å²) in [6.45, 7) is 3.29. The molecule has 0 bridgehead atoms.